The van der Waals surface area contributed by atoms with Crippen LogP contribution in [0.3, 0.4) is 0 Å². The van der Waals surface area contributed by atoms with Gasteiger partial charge < -0.3 is 10.2 Å². The Balaban J connectivity index is 2.09. The van der Waals surface area contributed by atoms with E-state index in [0.717, 1.165) is 30.5 Å². The second-order valence-corrected chi connectivity index (χ2v) is 5.32. The number of amides is 2. The van der Waals surface area contributed by atoms with E-state index in [1.807, 2.05) is 37.3 Å². The fourth-order valence-corrected chi connectivity index (χ4v) is 2.19. The second-order valence-electron chi connectivity index (χ2n) is 5.32. The fourth-order valence-electron chi connectivity index (χ4n) is 2.19. The number of halogens is 2. The van der Waals surface area contributed by atoms with Gasteiger partial charge >= 0.3 is 6.03 Å². The van der Waals surface area contributed by atoms with Gasteiger partial charge in [0.1, 0.15) is 11.6 Å². The summed E-state index contributed by atoms with van der Waals surface area (Å²) in [4.78, 5) is 14.0. The zero-order chi connectivity index (χ0) is 16.7. The van der Waals surface area contributed by atoms with Gasteiger partial charge in [-0.1, -0.05) is 43.7 Å². The molecule has 3 nitrogen and oxygen atoms in total. The zero-order valence-electron chi connectivity index (χ0n) is 13.1. The first-order valence-corrected chi connectivity index (χ1v) is 7.65. The Kier molecular flexibility index (Phi) is 6.09. The topological polar surface area (TPSA) is 32.3 Å². The van der Waals surface area contributed by atoms with Crippen molar-refractivity contribution in [2.24, 2.45) is 0 Å². The van der Waals surface area contributed by atoms with Crippen molar-refractivity contribution in [3.63, 3.8) is 0 Å². The molecule has 0 aliphatic heterocycles. The summed E-state index contributed by atoms with van der Waals surface area (Å²) in [5, 5.41) is 2.51. The first kappa shape index (κ1) is 16.9. The summed E-state index contributed by atoms with van der Waals surface area (Å²) >= 11 is 0. The molecule has 122 valence electrons. The van der Waals surface area contributed by atoms with E-state index >= 15 is 0 Å². The summed E-state index contributed by atoms with van der Waals surface area (Å²) in [7, 11) is 0. The van der Waals surface area contributed by atoms with Gasteiger partial charge in [0.15, 0.2) is 0 Å². The molecule has 0 radical (unpaired) electrons. The molecule has 2 rings (SSSR count). The van der Waals surface area contributed by atoms with Gasteiger partial charge in [-0.05, 0) is 24.1 Å². The molecule has 0 saturated carbocycles. The van der Waals surface area contributed by atoms with Crippen LogP contribution in [0.15, 0.2) is 48.5 Å². The first-order valence-electron chi connectivity index (χ1n) is 7.65. The van der Waals surface area contributed by atoms with Crippen LogP contribution in [0.4, 0.5) is 19.3 Å². The molecular weight excluding hydrogens is 298 g/mol. The van der Waals surface area contributed by atoms with Crippen molar-refractivity contribution in [3.05, 3.63) is 65.7 Å². The summed E-state index contributed by atoms with van der Waals surface area (Å²) in [6.45, 7) is 3.05. The third-order valence-corrected chi connectivity index (χ3v) is 3.46. The number of benzene rings is 2. The highest BCUT2D eigenvalue weighted by atomic mass is 19.1. The summed E-state index contributed by atoms with van der Waals surface area (Å²) in [5.41, 5.74) is 0.976. The van der Waals surface area contributed by atoms with Crippen molar-refractivity contribution in [1.82, 2.24) is 4.90 Å². The predicted octanol–water partition coefficient (Wildman–Crippen LogP) is 4.80. The van der Waals surface area contributed by atoms with Crippen molar-refractivity contribution in [2.45, 2.75) is 26.3 Å². The first-order chi connectivity index (χ1) is 11.1. The Morgan fingerprint density at radius 3 is 2.52 bits per heavy atom. The lowest BCUT2D eigenvalue weighted by molar-refractivity contribution is 0.208. The van der Waals surface area contributed by atoms with Crippen LogP contribution in [0, 0.1) is 11.6 Å². The Bertz CT molecular complexity index is 647. The third kappa shape index (κ3) is 5.06. The van der Waals surface area contributed by atoms with Crippen LogP contribution >= 0.6 is 0 Å². The van der Waals surface area contributed by atoms with Gasteiger partial charge in [0.05, 0.1) is 5.69 Å². The Morgan fingerprint density at radius 2 is 1.87 bits per heavy atom. The van der Waals surface area contributed by atoms with Crippen LogP contribution in [-0.2, 0) is 6.54 Å². The second kappa shape index (κ2) is 8.27. The van der Waals surface area contributed by atoms with Crippen molar-refractivity contribution < 1.29 is 13.6 Å². The number of carbonyl (C=O) groups excluding carboxylic acids is 1. The maximum atomic E-state index is 13.7. The molecule has 2 aromatic carbocycles. The summed E-state index contributed by atoms with van der Waals surface area (Å²) in [5.74, 6) is -1.46. The standard InChI is InChI=1S/C18H20F2N2O/c1-2-3-11-22(13-14-7-5-4-6-8-14)18(23)21-17-10-9-15(19)12-16(17)20/h4-10,12H,2-3,11,13H2,1H3,(H,21,23). The van der Waals surface area contributed by atoms with E-state index in [4.69, 9.17) is 0 Å². The largest absolute Gasteiger partial charge is 0.322 e. The van der Waals surface area contributed by atoms with E-state index < -0.39 is 17.7 Å². The molecule has 0 fully saturated rings. The van der Waals surface area contributed by atoms with Crippen molar-refractivity contribution in [2.75, 3.05) is 11.9 Å². The van der Waals surface area contributed by atoms with E-state index in [1.165, 1.54) is 6.07 Å². The molecule has 2 aromatic rings. The van der Waals surface area contributed by atoms with Gasteiger partial charge in [-0.25, -0.2) is 13.6 Å². The number of nitrogens with zero attached hydrogens (tertiary/aromatic N) is 1. The molecule has 0 saturated heterocycles. The minimum absolute atomic E-state index is 0.0223. The Labute approximate surface area is 134 Å². The minimum Gasteiger partial charge on any atom is -0.320 e. The molecule has 0 heterocycles. The monoisotopic (exact) mass is 318 g/mol. The number of hydrogen-bond acceptors (Lipinski definition) is 1. The molecule has 5 heteroatoms. The summed E-state index contributed by atoms with van der Waals surface area (Å²) < 4.78 is 26.6. The molecule has 0 aromatic heterocycles. The van der Waals surface area contributed by atoms with Gasteiger partial charge in [-0.2, -0.15) is 0 Å². The van der Waals surface area contributed by atoms with Crippen LogP contribution < -0.4 is 5.32 Å². The van der Waals surface area contributed by atoms with E-state index in [-0.39, 0.29) is 5.69 Å². The van der Waals surface area contributed by atoms with Gasteiger partial charge in [0, 0.05) is 19.2 Å². The highest BCUT2D eigenvalue weighted by Crippen LogP contribution is 2.16. The van der Waals surface area contributed by atoms with Crippen LogP contribution in [0.1, 0.15) is 25.3 Å². The lowest BCUT2D eigenvalue weighted by Gasteiger charge is -2.23. The molecule has 0 bridgehead atoms. The third-order valence-electron chi connectivity index (χ3n) is 3.46. The molecule has 0 atom stereocenters. The SMILES string of the molecule is CCCCN(Cc1ccccc1)C(=O)Nc1ccc(F)cc1F. The lowest BCUT2D eigenvalue weighted by Crippen LogP contribution is -2.35. The molecule has 0 unspecified atom stereocenters. The summed E-state index contributed by atoms with van der Waals surface area (Å²) in [6, 6.07) is 12.3. The number of nitrogens with one attached hydrogen (secondary N) is 1. The maximum Gasteiger partial charge on any atom is 0.322 e. The van der Waals surface area contributed by atoms with E-state index in [9.17, 15) is 13.6 Å². The maximum absolute atomic E-state index is 13.7. The van der Waals surface area contributed by atoms with Crippen molar-refractivity contribution in [1.29, 1.82) is 0 Å². The Morgan fingerprint density at radius 1 is 1.13 bits per heavy atom. The Hall–Kier alpha value is -2.43. The minimum atomic E-state index is -0.784. The van der Waals surface area contributed by atoms with Crippen LogP contribution in [0.25, 0.3) is 0 Å². The normalized spacial score (nSPS) is 10.4. The van der Waals surface area contributed by atoms with E-state index in [2.05, 4.69) is 5.32 Å². The molecule has 0 aliphatic carbocycles. The molecular formula is C18H20F2N2O. The fraction of sp³-hybridized carbons (Fsp3) is 0.278. The quantitative estimate of drug-likeness (QED) is 0.815. The molecule has 0 aliphatic rings. The number of carbonyl (C=O) groups is 1. The number of urea groups is 1. The van der Waals surface area contributed by atoms with Crippen LogP contribution in [0.5, 0.6) is 0 Å². The number of unbranched alkanes of at least 4 members (excludes halogenated alkanes) is 1. The highest BCUT2D eigenvalue weighted by molar-refractivity contribution is 5.89. The van der Waals surface area contributed by atoms with Gasteiger partial charge in [-0.15, -0.1) is 0 Å². The van der Waals surface area contributed by atoms with Gasteiger partial charge in [-0.3, -0.25) is 0 Å². The molecule has 0 spiro atoms. The number of hydrogen-bond donors (Lipinski definition) is 1. The predicted molar refractivity (Wildman–Crippen MR) is 87.1 cm³/mol. The highest BCUT2D eigenvalue weighted by Gasteiger charge is 2.15. The van der Waals surface area contributed by atoms with E-state index in [1.54, 1.807) is 4.90 Å². The van der Waals surface area contributed by atoms with Crippen LogP contribution in [-0.4, -0.2) is 17.5 Å². The summed E-state index contributed by atoms with van der Waals surface area (Å²) in [6.07, 6.45) is 1.80. The van der Waals surface area contributed by atoms with E-state index in [0.29, 0.717) is 13.1 Å². The van der Waals surface area contributed by atoms with Crippen molar-refractivity contribution in [3.8, 4) is 0 Å². The van der Waals surface area contributed by atoms with Crippen LogP contribution in [0.2, 0.25) is 0 Å². The van der Waals surface area contributed by atoms with Gasteiger partial charge in [0.2, 0.25) is 0 Å². The smallest absolute Gasteiger partial charge is 0.320 e. The lowest BCUT2D eigenvalue weighted by atomic mass is 10.2. The van der Waals surface area contributed by atoms with Gasteiger partial charge in [0.25, 0.3) is 0 Å². The molecule has 2 amide bonds. The number of anilines is 1. The number of rotatable bonds is 6. The molecule has 23 heavy (non-hydrogen) atoms. The average molecular weight is 318 g/mol. The average Bonchev–Trinajstić information content (AvgIpc) is 2.55. The molecule has 1 N–H and O–H groups in total. The van der Waals surface area contributed by atoms with Crippen molar-refractivity contribution >= 4 is 11.7 Å². The zero-order valence-corrected chi connectivity index (χ0v) is 13.1.